The highest BCUT2D eigenvalue weighted by atomic mass is 32.1. The summed E-state index contributed by atoms with van der Waals surface area (Å²) in [6.07, 6.45) is 2.65. The molecule has 2 rings (SSSR count). The van der Waals surface area contributed by atoms with Gasteiger partial charge in [0.2, 0.25) is 5.91 Å². The molecule has 0 spiro atoms. The zero-order chi connectivity index (χ0) is 19.8. The summed E-state index contributed by atoms with van der Waals surface area (Å²) in [5.41, 5.74) is 0.846. The van der Waals surface area contributed by atoms with Crippen molar-refractivity contribution in [1.82, 2.24) is 9.88 Å². The van der Waals surface area contributed by atoms with Crippen LogP contribution < -0.4 is 5.32 Å². The predicted molar refractivity (Wildman–Crippen MR) is 104 cm³/mol. The van der Waals surface area contributed by atoms with E-state index in [9.17, 15) is 19.7 Å². The largest absolute Gasteiger partial charge is 0.329 e. The van der Waals surface area contributed by atoms with Gasteiger partial charge in [0.05, 0.1) is 10.6 Å². The van der Waals surface area contributed by atoms with Crippen LogP contribution in [0.2, 0.25) is 0 Å². The fourth-order valence-electron chi connectivity index (χ4n) is 2.48. The Hall–Kier alpha value is -2.81. The average molecular weight is 390 g/mol. The quantitative estimate of drug-likeness (QED) is 0.400. The van der Waals surface area contributed by atoms with E-state index in [1.54, 1.807) is 0 Å². The lowest BCUT2D eigenvalue weighted by Gasteiger charge is -2.22. The van der Waals surface area contributed by atoms with Gasteiger partial charge >= 0.3 is 0 Å². The molecule has 1 aromatic carbocycles. The van der Waals surface area contributed by atoms with Crippen LogP contribution >= 0.6 is 11.3 Å². The molecule has 0 radical (unpaired) electrons. The van der Waals surface area contributed by atoms with Crippen LogP contribution in [0.25, 0.3) is 0 Å². The van der Waals surface area contributed by atoms with Crippen LogP contribution in [0, 0.1) is 17.0 Å². The molecular formula is C18H22N4O4S. The highest BCUT2D eigenvalue weighted by molar-refractivity contribution is 7.13. The van der Waals surface area contributed by atoms with E-state index in [0.717, 1.165) is 25.0 Å². The number of unbranched alkanes of at least 4 members (excludes halogenated alkanes) is 2. The van der Waals surface area contributed by atoms with Gasteiger partial charge in [0.15, 0.2) is 5.13 Å². The maximum absolute atomic E-state index is 12.8. The number of nitro groups is 1. The van der Waals surface area contributed by atoms with Crippen molar-refractivity contribution in [3.63, 3.8) is 0 Å². The number of non-ortho nitro benzene ring substituents is 1. The van der Waals surface area contributed by atoms with E-state index < -0.39 is 10.8 Å². The number of hydrogen-bond acceptors (Lipinski definition) is 6. The second-order valence-electron chi connectivity index (χ2n) is 6.08. The normalized spacial score (nSPS) is 10.4. The number of rotatable bonds is 9. The summed E-state index contributed by atoms with van der Waals surface area (Å²) in [7, 11) is 0. The van der Waals surface area contributed by atoms with Crippen molar-refractivity contribution in [1.29, 1.82) is 0 Å². The van der Waals surface area contributed by atoms with Crippen LogP contribution in [-0.4, -0.2) is 39.7 Å². The summed E-state index contributed by atoms with van der Waals surface area (Å²) in [6, 6.07) is 5.55. The number of anilines is 1. The molecule has 1 heterocycles. The zero-order valence-electron chi connectivity index (χ0n) is 15.3. The number of nitrogens with one attached hydrogen (secondary N) is 1. The van der Waals surface area contributed by atoms with Crippen LogP contribution in [0.5, 0.6) is 0 Å². The second-order valence-corrected chi connectivity index (χ2v) is 6.94. The van der Waals surface area contributed by atoms with Crippen LogP contribution in [0.1, 0.15) is 42.2 Å². The number of benzene rings is 1. The zero-order valence-corrected chi connectivity index (χ0v) is 16.1. The molecule has 0 aliphatic heterocycles. The molecule has 1 aromatic heterocycles. The van der Waals surface area contributed by atoms with Crippen molar-refractivity contribution in [2.45, 2.75) is 33.1 Å². The minimum absolute atomic E-state index is 0.135. The molecule has 2 aromatic rings. The van der Waals surface area contributed by atoms with Gasteiger partial charge in [-0.25, -0.2) is 4.98 Å². The summed E-state index contributed by atoms with van der Waals surface area (Å²) in [6.45, 7) is 4.14. The van der Waals surface area contributed by atoms with Gasteiger partial charge in [0, 0.05) is 29.6 Å². The lowest BCUT2D eigenvalue weighted by Crippen LogP contribution is -2.38. The molecule has 0 aliphatic rings. The standard InChI is InChI=1S/C18H22N4O4S/c1-3-4-5-9-21(11-16(23)20-18-19-13(2)12-27-18)17(24)14-7-6-8-15(10-14)22(25)26/h6-8,10,12H,3-5,9,11H2,1-2H3,(H,19,20,23). The Morgan fingerprint density at radius 1 is 1.33 bits per heavy atom. The molecule has 0 bridgehead atoms. The van der Waals surface area contributed by atoms with E-state index in [2.05, 4.69) is 10.3 Å². The van der Waals surface area contributed by atoms with E-state index in [-0.39, 0.29) is 23.7 Å². The maximum Gasteiger partial charge on any atom is 0.270 e. The first-order valence-electron chi connectivity index (χ1n) is 8.66. The van der Waals surface area contributed by atoms with Crippen molar-refractivity contribution in [2.75, 3.05) is 18.4 Å². The average Bonchev–Trinajstić information content (AvgIpc) is 3.05. The summed E-state index contributed by atoms with van der Waals surface area (Å²) in [5.74, 6) is -0.750. The smallest absolute Gasteiger partial charge is 0.270 e. The third-order valence-corrected chi connectivity index (χ3v) is 4.70. The van der Waals surface area contributed by atoms with Crippen LogP contribution in [0.4, 0.5) is 10.8 Å². The third kappa shape index (κ3) is 6.14. The molecule has 144 valence electrons. The number of carbonyl (C=O) groups is 2. The van der Waals surface area contributed by atoms with Crippen LogP contribution in [0.15, 0.2) is 29.6 Å². The number of nitrogens with zero attached hydrogens (tertiary/aromatic N) is 3. The van der Waals surface area contributed by atoms with Crippen LogP contribution in [-0.2, 0) is 4.79 Å². The van der Waals surface area contributed by atoms with Crippen LogP contribution in [0.3, 0.4) is 0 Å². The topological polar surface area (TPSA) is 105 Å². The minimum atomic E-state index is -0.546. The molecule has 0 fully saturated rings. The Labute approximate surface area is 161 Å². The number of hydrogen-bond donors (Lipinski definition) is 1. The number of amides is 2. The van der Waals surface area contributed by atoms with E-state index in [1.807, 2.05) is 19.2 Å². The Kier molecular flexibility index (Phi) is 7.42. The molecule has 0 unspecified atom stereocenters. The molecule has 27 heavy (non-hydrogen) atoms. The number of aromatic nitrogens is 1. The van der Waals surface area contributed by atoms with Gasteiger partial charge in [-0.15, -0.1) is 11.3 Å². The number of thiazole rings is 1. The van der Waals surface area contributed by atoms with Crippen molar-refractivity contribution in [3.05, 3.63) is 51.0 Å². The monoisotopic (exact) mass is 390 g/mol. The Balaban J connectivity index is 2.12. The minimum Gasteiger partial charge on any atom is -0.329 e. The van der Waals surface area contributed by atoms with Crippen molar-refractivity contribution < 1.29 is 14.5 Å². The van der Waals surface area contributed by atoms with Crippen molar-refractivity contribution in [2.24, 2.45) is 0 Å². The molecule has 1 N–H and O–H groups in total. The first-order chi connectivity index (χ1) is 12.9. The van der Waals surface area contributed by atoms with E-state index >= 15 is 0 Å². The number of nitro benzene ring substituents is 1. The summed E-state index contributed by atoms with van der Waals surface area (Å²) < 4.78 is 0. The molecule has 0 atom stereocenters. The van der Waals surface area contributed by atoms with Gasteiger partial charge in [-0.3, -0.25) is 19.7 Å². The van der Waals surface area contributed by atoms with Crippen molar-refractivity contribution in [3.8, 4) is 0 Å². The molecule has 0 aliphatic carbocycles. The van der Waals surface area contributed by atoms with Gasteiger partial charge in [0.1, 0.15) is 6.54 Å². The third-order valence-electron chi connectivity index (χ3n) is 3.82. The first kappa shape index (κ1) is 20.5. The van der Waals surface area contributed by atoms with Gasteiger partial charge in [-0.2, -0.15) is 0 Å². The van der Waals surface area contributed by atoms with Gasteiger partial charge in [-0.1, -0.05) is 25.8 Å². The lowest BCUT2D eigenvalue weighted by molar-refractivity contribution is -0.384. The maximum atomic E-state index is 12.8. The fourth-order valence-corrected chi connectivity index (χ4v) is 3.19. The number of carbonyl (C=O) groups excluding carboxylic acids is 2. The highest BCUT2D eigenvalue weighted by Crippen LogP contribution is 2.17. The molecule has 2 amide bonds. The van der Waals surface area contributed by atoms with Gasteiger partial charge < -0.3 is 10.2 Å². The molecular weight excluding hydrogens is 368 g/mol. The summed E-state index contributed by atoms with van der Waals surface area (Å²) >= 11 is 1.31. The molecule has 0 saturated heterocycles. The summed E-state index contributed by atoms with van der Waals surface area (Å²) in [4.78, 5) is 41.1. The first-order valence-corrected chi connectivity index (χ1v) is 9.54. The van der Waals surface area contributed by atoms with E-state index in [0.29, 0.717) is 11.7 Å². The lowest BCUT2D eigenvalue weighted by atomic mass is 10.1. The molecule has 8 nitrogen and oxygen atoms in total. The van der Waals surface area contributed by atoms with Gasteiger partial charge in [-0.05, 0) is 19.4 Å². The summed E-state index contributed by atoms with van der Waals surface area (Å²) in [5, 5.41) is 15.9. The van der Waals surface area contributed by atoms with Crippen molar-refractivity contribution >= 4 is 34.0 Å². The molecule has 0 saturated carbocycles. The Bertz CT molecular complexity index is 821. The SMILES string of the molecule is CCCCCN(CC(=O)Nc1nc(C)cs1)C(=O)c1cccc([N+](=O)[O-])c1. The number of aryl methyl sites for hydroxylation is 1. The Morgan fingerprint density at radius 2 is 2.11 bits per heavy atom. The highest BCUT2D eigenvalue weighted by Gasteiger charge is 2.21. The van der Waals surface area contributed by atoms with E-state index in [1.165, 1.54) is 40.5 Å². The van der Waals surface area contributed by atoms with Gasteiger partial charge in [0.25, 0.3) is 11.6 Å². The second kappa shape index (κ2) is 9.77. The fraction of sp³-hybridized carbons (Fsp3) is 0.389. The Morgan fingerprint density at radius 3 is 2.74 bits per heavy atom. The predicted octanol–water partition coefficient (Wildman–Crippen LogP) is 3.63. The molecule has 9 heteroatoms. The van der Waals surface area contributed by atoms with E-state index in [4.69, 9.17) is 0 Å².